The van der Waals surface area contributed by atoms with Crippen LogP contribution in [0, 0.1) is 5.92 Å². The van der Waals surface area contributed by atoms with Crippen LogP contribution < -0.4 is 0 Å². The average Bonchev–Trinajstić information content (AvgIpc) is 2.38. The molecular weight excluding hydrogens is 269 g/mol. The number of carbonyl (C=O) groups excluding carboxylic acids is 1. The molecule has 0 aliphatic rings. The van der Waals surface area contributed by atoms with E-state index < -0.39 is 12.6 Å². The minimum Gasteiger partial charge on any atom is -0.465 e. The molecule has 0 aromatic heterocycles. The molecule has 5 heteroatoms. The van der Waals surface area contributed by atoms with E-state index in [0.717, 1.165) is 38.5 Å². The number of unbranched alkanes of at least 4 members (excludes halogenated alkanes) is 6. The molecule has 120 valence electrons. The van der Waals surface area contributed by atoms with Crippen LogP contribution in [0.15, 0.2) is 0 Å². The molecule has 0 N–H and O–H groups in total. The summed E-state index contributed by atoms with van der Waals surface area (Å²) < 4.78 is 40.7. The number of esters is 1. The van der Waals surface area contributed by atoms with E-state index in [0.29, 0.717) is 13.0 Å². The largest absolute Gasteiger partial charge is 0.465 e. The summed E-state index contributed by atoms with van der Waals surface area (Å²) >= 11 is 0. The first-order valence-corrected chi connectivity index (χ1v) is 7.60. The quantitative estimate of drug-likeness (QED) is 0.384. The number of rotatable bonds is 11. The number of carbonyl (C=O) groups is 1. The van der Waals surface area contributed by atoms with Gasteiger partial charge in [0.25, 0.3) is 0 Å². The molecule has 0 bridgehead atoms. The highest BCUT2D eigenvalue weighted by molar-refractivity contribution is 5.71. The summed E-state index contributed by atoms with van der Waals surface area (Å²) in [5, 5.41) is 0. The van der Waals surface area contributed by atoms with Crippen molar-refractivity contribution in [1.29, 1.82) is 0 Å². The van der Waals surface area contributed by atoms with E-state index in [1.807, 2.05) is 13.8 Å². The highest BCUT2D eigenvalue weighted by Crippen LogP contribution is 2.23. The molecule has 0 heterocycles. The minimum atomic E-state index is -4.01. The van der Waals surface area contributed by atoms with Crippen LogP contribution in [0.4, 0.5) is 13.2 Å². The van der Waals surface area contributed by atoms with Gasteiger partial charge < -0.3 is 4.74 Å². The van der Waals surface area contributed by atoms with Gasteiger partial charge in [-0.05, 0) is 19.3 Å². The second-order valence-corrected chi connectivity index (χ2v) is 5.32. The molecule has 0 amide bonds. The third-order valence-electron chi connectivity index (χ3n) is 3.36. The van der Waals surface area contributed by atoms with Gasteiger partial charge in [0.1, 0.15) is 0 Å². The van der Waals surface area contributed by atoms with Crippen LogP contribution in [0.2, 0.25) is 0 Å². The molecule has 0 aromatic carbocycles. The number of halogens is 3. The van der Waals surface area contributed by atoms with Gasteiger partial charge in [0.2, 0.25) is 0 Å². The van der Waals surface area contributed by atoms with Crippen molar-refractivity contribution in [2.24, 2.45) is 5.92 Å². The van der Waals surface area contributed by atoms with E-state index in [-0.39, 0.29) is 18.3 Å². The number of hydrogen-bond acceptors (Lipinski definition) is 2. The van der Waals surface area contributed by atoms with Crippen molar-refractivity contribution in [3.05, 3.63) is 0 Å². The van der Waals surface area contributed by atoms with Crippen molar-refractivity contribution in [3.63, 3.8) is 0 Å². The highest BCUT2D eigenvalue weighted by Gasteiger charge is 2.25. The van der Waals surface area contributed by atoms with E-state index >= 15 is 0 Å². The van der Waals surface area contributed by atoms with Gasteiger partial charge in [-0.25, -0.2) is 0 Å². The maximum absolute atomic E-state index is 11.9. The van der Waals surface area contributed by atoms with Gasteiger partial charge in [0.05, 0.1) is 12.5 Å². The zero-order valence-corrected chi connectivity index (χ0v) is 12.6. The van der Waals surface area contributed by atoms with Crippen LogP contribution in [0.5, 0.6) is 0 Å². The standard InChI is InChI=1S/C15H27F3O2/c1-3-13(2)14(19)20-12-10-8-6-4-5-7-9-11-15(16,17)18/h13H,3-12H2,1-2H3. The lowest BCUT2D eigenvalue weighted by atomic mass is 10.1. The Morgan fingerprint density at radius 1 is 1.00 bits per heavy atom. The van der Waals surface area contributed by atoms with Crippen LogP contribution in [-0.4, -0.2) is 18.8 Å². The number of alkyl halides is 3. The molecular formula is C15H27F3O2. The summed E-state index contributed by atoms with van der Waals surface area (Å²) in [7, 11) is 0. The second-order valence-electron chi connectivity index (χ2n) is 5.32. The molecule has 0 saturated heterocycles. The van der Waals surface area contributed by atoms with Crippen molar-refractivity contribution < 1.29 is 22.7 Å². The molecule has 1 unspecified atom stereocenters. The van der Waals surface area contributed by atoms with Gasteiger partial charge in [0.15, 0.2) is 0 Å². The maximum atomic E-state index is 11.9. The first kappa shape index (κ1) is 19.3. The van der Waals surface area contributed by atoms with E-state index in [4.69, 9.17) is 4.74 Å². The zero-order chi connectivity index (χ0) is 15.4. The lowest BCUT2D eigenvalue weighted by Crippen LogP contribution is -2.14. The molecule has 2 nitrogen and oxygen atoms in total. The van der Waals surface area contributed by atoms with Crippen LogP contribution >= 0.6 is 0 Å². The number of ether oxygens (including phenoxy) is 1. The third kappa shape index (κ3) is 12.3. The van der Waals surface area contributed by atoms with E-state index in [2.05, 4.69) is 0 Å². The zero-order valence-electron chi connectivity index (χ0n) is 12.6. The molecule has 1 atom stereocenters. The van der Waals surface area contributed by atoms with Gasteiger partial charge in [0, 0.05) is 6.42 Å². The fraction of sp³-hybridized carbons (Fsp3) is 0.933. The summed E-state index contributed by atoms with van der Waals surface area (Å²) in [6.07, 6.45) is 1.58. The lowest BCUT2D eigenvalue weighted by molar-refractivity contribution is -0.148. The Hall–Kier alpha value is -0.740. The lowest BCUT2D eigenvalue weighted by Gasteiger charge is -2.09. The summed E-state index contributed by atoms with van der Waals surface area (Å²) in [5.41, 5.74) is 0. The van der Waals surface area contributed by atoms with Crippen LogP contribution in [0.25, 0.3) is 0 Å². The van der Waals surface area contributed by atoms with Crippen LogP contribution in [0.1, 0.15) is 71.6 Å². The third-order valence-corrected chi connectivity index (χ3v) is 3.36. The van der Waals surface area contributed by atoms with E-state index in [1.165, 1.54) is 0 Å². The predicted molar refractivity (Wildman–Crippen MR) is 73.4 cm³/mol. The molecule has 0 spiro atoms. The Labute approximate surface area is 120 Å². The van der Waals surface area contributed by atoms with E-state index in [1.54, 1.807) is 0 Å². The Bertz CT molecular complexity index is 252. The Morgan fingerprint density at radius 2 is 1.50 bits per heavy atom. The molecule has 20 heavy (non-hydrogen) atoms. The predicted octanol–water partition coefficient (Wildman–Crippen LogP) is 5.26. The molecule has 0 fully saturated rings. The average molecular weight is 296 g/mol. The van der Waals surface area contributed by atoms with Crippen molar-refractivity contribution in [2.45, 2.75) is 77.8 Å². The molecule has 0 radical (unpaired) electrons. The second kappa shape index (κ2) is 11.0. The van der Waals surface area contributed by atoms with Gasteiger partial charge in [-0.3, -0.25) is 4.79 Å². The maximum Gasteiger partial charge on any atom is 0.389 e. The Kier molecular flexibility index (Phi) is 10.6. The van der Waals surface area contributed by atoms with Crippen molar-refractivity contribution >= 4 is 5.97 Å². The fourth-order valence-corrected chi connectivity index (χ4v) is 1.79. The Balaban J connectivity index is 3.23. The number of hydrogen-bond donors (Lipinski definition) is 0. The van der Waals surface area contributed by atoms with Gasteiger partial charge in [-0.15, -0.1) is 0 Å². The summed E-state index contributed by atoms with van der Waals surface area (Å²) in [6, 6.07) is 0. The monoisotopic (exact) mass is 296 g/mol. The molecule has 0 aliphatic heterocycles. The molecule has 0 rings (SSSR count). The first-order valence-electron chi connectivity index (χ1n) is 7.60. The topological polar surface area (TPSA) is 26.3 Å². The van der Waals surface area contributed by atoms with Crippen LogP contribution in [-0.2, 0) is 9.53 Å². The fourth-order valence-electron chi connectivity index (χ4n) is 1.79. The van der Waals surface area contributed by atoms with Crippen molar-refractivity contribution in [3.8, 4) is 0 Å². The highest BCUT2D eigenvalue weighted by atomic mass is 19.4. The first-order chi connectivity index (χ1) is 9.37. The molecule has 0 aliphatic carbocycles. The molecule has 0 saturated carbocycles. The van der Waals surface area contributed by atoms with E-state index in [9.17, 15) is 18.0 Å². The summed E-state index contributed by atoms with van der Waals surface area (Å²) in [5.74, 6) is -0.178. The van der Waals surface area contributed by atoms with Gasteiger partial charge >= 0.3 is 12.1 Å². The summed E-state index contributed by atoms with van der Waals surface area (Å²) in [6.45, 7) is 4.26. The smallest absolute Gasteiger partial charge is 0.389 e. The summed E-state index contributed by atoms with van der Waals surface area (Å²) in [4.78, 5) is 11.3. The minimum absolute atomic E-state index is 0.0383. The molecule has 0 aromatic rings. The normalized spacial score (nSPS) is 13.2. The van der Waals surface area contributed by atoms with Crippen molar-refractivity contribution in [1.82, 2.24) is 0 Å². The van der Waals surface area contributed by atoms with Gasteiger partial charge in [-0.2, -0.15) is 13.2 Å². The van der Waals surface area contributed by atoms with Gasteiger partial charge in [-0.1, -0.05) is 46.0 Å². The van der Waals surface area contributed by atoms with Crippen molar-refractivity contribution in [2.75, 3.05) is 6.61 Å². The van der Waals surface area contributed by atoms with Crippen LogP contribution in [0.3, 0.4) is 0 Å². The Morgan fingerprint density at radius 3 is 2.00 bits per heavy atom. The SMILES string of the molecule is CCC(C)C(=O)OCCCCCCCCCC(F)(F)F.